The van der Waals surface area contributed by atoms with E-state index in [0.717, 1.165) is 9.99 Å². The van der Waals surface area contributed by atoms with Gasteiger partial charge in [0, 0.05) is 21.7 Å². The maximum Gasteiger partial charge on any atom is 0.254 e. The molecule has 2 nitrogen and oxygen atoms in total. The molecule has 0 aliphatic rings. The summed E-state index contributed by atoms with van der Waals surface area (Å²) in [5.74, 6) is 0.0289. The van der Waals surface area contributed by atoms with E-state index in [-0.39, 0.29) is 11.9 Å². The van der Waals surface area contributed by atoms with Gasteiger partial charge in [0.25, 0.3) is 5.91 Å². The molecule has 0 radical (unpaired) electrons. The van der Waals surface area contributed by atoms with Crippen molar-refractivity contribution in [1.82, 2.24) is 4.90 Å². The lowest BCUT2D eigenvalue weighted by Crippen LogP contribution is -2.35. The lowest BCUT2D eigenvalue weighted by molar-refractivity contribution is 0.0739. The van der Waals surface area contributed by atoms with E-state index in [9.17, 15) is 4.79 Å². The maximum absolute atomic E-state index is 12.2. The second kappa shape index (κ2) is 5.87. The zero-order valence-electron chi connectivity index (χ0n) is 9.63. The zero-order valence-corrected chi connectivity index (χ0v) is 12.5. The third-order valence-corrected chi connectivity index (χ3v) is 3.91. The average molecular weight is 352 g/mol. The number of hydrogen-bond donors (Lipinski definition) is 0. The van der Waals surface area contributed by atoms with Gasteiger partial charge < -0.3 is 4.90 Å². The van der Waals surface area contributed by atoms with Gasteiger partial charge in [-0.25, -0.2) is 0 Å². The van der Waals surface area contributed by atoms with Gasteiger partial charge in [0.05, 0.1) is 5.56 Å². The van der Waals surface area contributed by atoms with E-state index in [1.54, 1.807) is 17.0 Å². The standard InChI is InChI=1S/C12H15ClINO/c1-4-8(2)15(3)12(16)10-7-9(13)5-6-11(10)14/h5-8H,4H2,1-3H3. The first kappa shape index (κ1) is 13.8. The molecule has 16 heavy (non-hydrogen) atoms. The van der Waals surface area contributed by atoms with Gasteiger partial charge in [0.2, 0.25) is 0 Å². The number of carbonyl (C=O) groups excluding carboxylic acids is 1. The quantitative estimate of drug-likeness (QED) is 0.758. The topological polar surface area (TPSA) is 20.3 Å². The van der Waals surface area contributed by atoms with Crippen LogP contribution in [0.4, 0.5) is 0 Å². The summed E-state index contributed by atoms with van der Waals surface area (Å²) in [5.41, 5.74) is 0.677. The molecular formula is C12H15ClINO. The highest BCUT2D eigenvalue weighted by Gasteiger charge is 2.18. The highest BCUT2D eigenvalue weighted by molar-refractivity contribution is 14.1. The molecule has 0 fully saturated rings. The van der Waals surface area contributed by atoms with Crippen molar-refractivity contribution in [3.8, 4) is 0 Å². The second-order valence-corrected chi connectivity index (χ2v) is 5.40. The zero-order chi connectivity index (χ0) is 12.3. The molecule has 0 aliphatic heterocycles. The van der Waals surface area contributed by atoms with E-state index in [1.165, 1.54) is 0 Å². The van der Waals surface area contributed by atoms with Crippen LogP contribution < -0.4 is 0 Å². The average Bonchev–Trinajstić information content (AvgIpc) is 2.29. The van der Waals surface area contributed by atoms with Crippen LogP contribution in [0.3, 0.4) is 0 Å². The van der Waals surface area contributed by atoms with Crippen molar-refractivity contribution in [2.75, 3.05) is 7.05 Å². The molecule has 4 heteroatoms. The lowest BCUT2D eigenvalue weighted by atomic mass is 10.1. The van der Waals surface area contributed by atoms with Crippen LogP contribution in [-0.2, 0) is 0 Å². The molecule has 1 aromatic carbocycles. The van der Waals surface area contributed by atoms with Crippen LogP contribution in [0, 0.1) is 3.57 Å². The monoisotopic (exact) mass is 351 g/mol. The molecule has 0 heterocycles. The normalized spacial score (nSPS) is 12.3. The molecule has 0 N–H and O–H groups in total. The van der Waals surface area contributed by atoms with Crippen LogP contribution in [0.15, 0.2) is 18.2 Å². The first-order valence-corrected chi connectivity index (χ1v) is 6.65. The van der Waals surface area contributed by atoms with Crippen LogP contribution in [0.5, 0.6) is 0 Å². The number of rotatable bonds is 3. The van der Waals surface area contributed by atoms with Crippen molar-refractivity contribution in [3.63, 3.8) is 0 Å². The van der Waals surface area contributed by atoms with Crippen LogP contribution >= 0.6 is 34.2 Å². The third kappa shape index (κ3) is 3.10. The minimum absolute atomic E-state index is 0.0289. The number of halogens is 2. The highest BCUT2D eigenvalue weighted by Crippen LogP contribution is 2.20. The Kier molecular flexibility index (Phi) is 5.05. The number of nitrogens with zero attached hydrogens (tertiary/aromatic N) is 1. The molecule has 1 atom stereocenters. The second-order valence-electron chi connectivity index (χ2n) is 3.80. The molecule has 0 saturated heterocycles. The Labute approximate surface area is 115 Å². The van der Waals surface area contributed by atoms with Crippen LogP contribution in [-0.4, -0.2) is 23.9 Å². The van der Waals surface area contributed by atoms with Gasteiger partial charge in [-0.15, -0.1) is 0 Å². The largest absolute Gasteiger partial charge is 0.339 e. The summed E-state index contributed by atoms with van der Waals surface area (Å²) in [7, 11) is 1.83. The number of hydrogen-bond acceptors (Lipinski definition) is 1. The van der Waals surface area contributed by atoms with Gasteiger partial charge in [-0.2, -0.15) is 0 Å². The first-order chi connectivity index (χ1) is 7.47. The molecule has 0 bridgehead atoms. The smallest absolute Gasteiger partial charge is 0.254 e. The summed E-state index contributed by atoms with van der Waals surface area (Å²) in [5, 5.41) is 0.598. The van der Waals surface area contributed by atoms with Crippen LogP contribution in [0.2, 0.25) is 5.02 Å². The molecule has 1 rings (SSSR count). The lowest BCUT2D eigenvalue weighted by Gasteiger charge is -2.24. The Morgan fingerprint density at radius 1 is 1.56 bits per heavy atom. The van der Waals surface area contributed by atoms with Gasteiger partial charge in [0.15, 0.2) is 0 Å². The summed E-state index contributed by atoms with van der Waals surface area (Å²) in [6, 6.07) is 5.62. The van der Waals surface area contributed by atoms with Crippen LogP contribution in [0.25, 0.3) is 0 Å². The Balaban J connectivity index is 3.00. The van der Waals surface area contributed by atoms with Gasteiger partial charge in [-0.3, -0.25) is 4.79 Å². The molecule has 0 spiro atoms. The van der Waals surface area contributed by atoms with E-state index in [0.29, 0.717) is 10.6 Å². The summed E-state index contributed by atoms with van der Waals surface area (Å²) in [6.45, 7) is 4.10. The summed E-state index contributed by atoms with van der Waals surface area (Å²) >= 11 is 8.06. The molecule has 88 valence electrons. The van der Waals surface area contributed by atoms with E-state index in [4.69, 9.17) is 11.6 Å². The highest BCUT2D eigenvalue weighted by atomic mass is 127. The predicted molar refractivity (Wildman–Crippen MR) is 76.0 cm³/mol. The van der Waals surface area contributed by atoms with Crippen molar-refractivity contribution < 1.29 is 4.79 Å². The van der Waals surface area contributed by atoms with Crippen LogP contribution in [0.1, 0.15) is 30.6 Å². The fourth-order valence-electron chi connectivity index (χ4n) is 1.33. The third-order valence-electron chi connectivity index (χ3n) is 2.73. The van der Waals surface area contributed by atoms with Gasteiger partial charge in [-0.1, -0.05) is 18.5 Å². The van der Waals surface area contributed by atoms with E-state index in [2.05, 4.69) is 29.5 Å². The molecular weight excluding hydrogens is 336 g/mol. The Hall–Kier alpha value is -0.290. The maximum atomic E-state index is 12.2. The Bertz CT molecular complexity index is 395. The molecule has 1 aromatic rings. The van der Waals surface area contributed by atoms with E-state index < -0.39 is 0 Å². The fraction of sp³-hybridized carbons (Fsp3) is 0.417. The SMILES string of the molecule is CCC(C)N(C)C(=O)c1cc(Cl)ccc1I. The van der Waals surface area contributed by atoms with Crippen molar-refractivity contribution in [2.24, 2.45) is 0 Å². The van der Waals surface area contributed by atoms with Gasteiger partial charge >= 0.3 is 0 Å². The summed E-state index contributed by atoms with van der Waals surface area (Å²) < 4.78 is 0.933. The minimum Gasteiger partial charge on any atom is -0.339 e. The van der Waals surface area contributed by atoms with E-state index >= 15 is 0 Å². The predicted octanol–water partition coefficient (Wildman–Crippen LogP) is 3.82. The van der Waals surface area contributed by atoms with Crippen molar-refractivity contribution in [3.05, 3.63) is 32.4 Å². The van der Waals surface area contributed by atoms with Crippen molar-refractivity contribution in [2.45, 2.75) is 26.3 Å². The molecule has 1 unspecified atom stereocenters. The Morgan fingerprint density at radius 3 is 2.75 bits per heavy atom. The number of carbonyl (C=O) groups is 1. The molecule has 0 saturated carbocycles. The fourth-order valence-corrected chi connectivity index (χ4v) is 2.06. The first-order valence-electron chi connectivity index (χ1n) is 5.19. The number of benzene rings is 1. The molecule has 0 aromatic heterocycles. The number of amides is 1. The van der Waals surface area contributed by atoms with Crippen molar-refractivity contribution >= 4 is 40.1 Å². The van der Waals surface area contributed by atoms with Gasteiger partial charge in [0.1, 0.15) is 0 Å². The summed E-state index contributed by atoms with van der Waals surface area (Å²) in [4.78, 5) is 13.9. The molecule has 0 aliphatic carbocycles. The molecule has 1 amide bonds. The van der Waals surface area contributed by atoms with E-state index in [1.807, 2.05) is 20.0 Å². The summed E-state index contributed by atoms with van der Waals surface area (Å²) in [6.07, 6.45) is 0.944. The Morgan fingerprint density at radius 2 is 2.19 bits per heavy atom. The van der Waals surface area contributed by atoms with Gasteiger partial charge in [-0.05, 0) is 54.1 Å². The minimum atomic E-state index is 0.0289. The van der Waals surface area contributed by atoms with Crippen molar-refractivity contribution in [1.29, 1.82) is 0 Å².